The smallest absolute Gasteiger partial charge is 0.344 e. The van der Waals surface area contributed by atoms with Crippen LogP contribution >= 0.6 is 0 Å². The van der Waals surface area contributed by atoms with Crippen molar-refractivity contribution in [3.05, 3.63) is 65.7 Å². The summed E-state index contributed by atoms with van der Waals surface area (Å²) < 4.78 is 10.1. The Labute approximate surface area is 124 Å². The first-order chi connectivity index (χ1) is 10.3. The highest BCUT2D eigenvalue weighted by molar-refractivity contribution is 5.71. The summed E-state index contributed by atoms with van der Waals surface area (Å²) >= 11 is 0. The van der Waals surface area contributed by atoms with Gasteiger partial charge in [-0.05, 0) is 43.3 Å². The minimum Gasteiger partial charge on any atom is -0.482 e. The molecule has 2 aromatic rings. The third-order valence-corrected chi connectivity index (χ3v) is 2.64. The molecular formula is C18H16O3. The monoisotopic (exact) mass is 280 g/mol. The van der Waals surface area contributed by atoms with Crippen LogP contribution in [0.2, 0.25) is 0 Å². The third kappa shape index (κ3) is 5.04. The molecule has 0 saturated heterocycles. The largest absolute Gasteiger partial charge is 0.482 e. The van der Waals surface area contributed by atoms with E-state index in [1.807, 2.05) is 42.5 Å². The summed E-state index contributed by atoms with van der Waals surface area (Å²) in [6.45, 7) is 2.04. The van der Waals surface area contributed by atoms with Crippen LogP contribution < -0.4 is 4.74 Å². The minimum atomic E-state index is -0.370. The van der Waals surface area contributed by atoms with Gasteiger partial charge in [0.15, 0.2) is 6.61 Å². The predicted octanol–water partition coefficient (Wildman–Crippen LogP) is 3.03. The summed E-state index contributed by atoms with van der Waals surface area (Å²) in [5, 5.41) is 0. The summed E-state index contributed by atoms with van der Waals surface area (Å²) in [6.07, 6.45) is 0. The van der Waals surface area contributed by atoms with Gasteiger partial charge in [-0.1, -0.05) is 30.0 Å². The molecule has 0 amide bonds. The lowest BCUT2D eigenvalue weighted by Gasteiger charge is -2.05. The molecule has 2 rings (SSSR count). The fourth-order valence-corrected chi connectivity index (χ4v) is 1.65. The van der Waals surface area contributed by atoms with Crippen LogP contribution in [0.3, 0.4) is 0 Å². The van der Waals surface area contributed by atoms with Crippen molar-refractivity contribution in [2.24, 2.45) is 0 Å². The Morgan fingerprint density at radius 3 is 2.19 bits per heavy atom. The van der Waals surface area contributed by atoms with E-state index in [0.717, 1.165) is 11.1 Å². The van der Waals surface area contributed by atoms with E-state index in [9.17, 15) is 4.79 Å². The van der Waals surface area contributed by atoms with Crippen molar-refractivity contribution in [2.75, 3.05) is 13.2 Å². The molecule has 2 aromatic carbocycles. The fourth-order valence-electron chi connectivity index (χ4n) is 1.65. The lowest BCUT2D eigenvalue weighted by atomic mass is 10.2. The van der Waals surface area contributed by atoms with Gasteiger partial charge in [0.05, 0.1) is 6.61 Å². The highest BCUT2D eigenvalue weighted by atomic mass is 16.6. The molecule has 3 nitrogen and oxygen atoms in total. The maximum absolute atomic E-state index is 11.2. The maximum atomic E-state index is 11.2. The van der Waals surface area contributed by atoms with Gasteiger partial charge in [-0.2, -0.15) is 0 Å². The van der Waals surface area contributed by atoms with Gasteiger partial charge in [0, 0.05) is 11.1 Å². The van der Waals surface area contributed by atoms with E-state index in [-0.39, 0.29) is 12.6 Å². The number of carbonyl (C=O) groups excluding carboxylic acids is 1. The molecule has 0 spiro atoms. The first kappa shape index (κ1) is 14.7. The zero-order valence-electron chi connectivity index (χ0n) is 11.8. The molecule has 21 heavy (non-hydrogen) atoms. The van der Waals surface area contributed by atoms with Gasteiger partial charge < -0.3 is 9.47 Å². The zero-order chi connectivity index (χ0) is 14.9. The molecule has 0 fully saturated rings. The SMILES string of the molecule is CCOC(=O)COc1ccc(C#Cc2ccccc2)cc1. The van der Waals surface area contributed by atoms with Crippen LogP contribution in [0.1, 0.15) is 18.1 Å². The van der Waals surface area contributed by atoms with Gasteiger partial charge in [-0.3, -0.25) is 0 Å². The van der Waals surface area contributed by atoms with Crippen molar-refractivity contribution in [2.45, 2.75) is 6.92 Å². The quantitative estimate of drug-likeness (QED) is 0.638. The number of hydrogen-bond donors (Lipinski definition) is 0. The van der Waals surface area contributed by atoms with E-state index < -0.39 is 0 Å². The van der Waals surface area contributed by atoms with E-state index in [1.54, 1.807) is 19.1 Å². The van der Waals surface area contributed by atoms with Crippen molar-refractivity contribution in [3.63, 3.8) is 0 Å². The second-order valence-corrected chi connectivity index (χ2v) is 4.23. The van der Waals surface area contributed by atoms with Crippen molar-refractivity contribution in [3.8, 4) is 17.6 Å². The molecule has 0 saturated carbocycles. The maximum Gasteiger partial charge on any atom is 0.344 e. The molecule has 0 radical (unpaired) electrons. The average molecular weight is 280 g/mol. The third-order valence-electron chi connectivity index (χ3n) is 2.64. The zero-order valence-corrected chi connectivity index (χ0v) is 11.8. The molecule has 0 aliphatic rings. The fraction of sp³-hybridized carbons (Fsp3) is 0.167. The Morgan fingerprint density at radius 1 is 0.952 bits per heavy atom. The average Bonchev–Trinajstić information content (AvgIpc) is 2.53. The van der Waals surface area contributed by atoms with Crippen molar-refractivity contribution < 1.29 is 14.3 Å². The van der Waals surface area contributed by atoms with Crippen LogP contribution in [0.15, 0.2) is 54.6 Å². The number of rotatable bonds is 4. The van der Waals surface area contributed by atoms with E-state index in [4.69, 9.17) is 9.47 Å². The molecule has 106 valence electrons. The lowest BCUT2D eigenvalue weighted by Crippen LogP contribution is -2.14. The molecule has 0 unspecified atom stereocenters. The first-order valence-corrected chi connectivity index (χ1v) is 6.73. The van der Waals surface area contributed by atoms with Gasteiger partial charge in [-0.15, -0.1) is 0 Å². The predicted molar refractivity (Wildman–Crippen MR) is 81.0 cm³/mol. The summed E-state index contributed by atoms with van der Waals surface area (Å²) in [4.78, 5) is 11.2. The number of carbonyl (C=O) groups is 1. The van der Waals surface area contributed by atoms with Crippen LogP contribution in [0, 0.1) is 11.8 Å². The van der Waals surface area contributed by atoms with Gasteiger partial charge in [0.25, 0.3) is 0 Å². The van der Waals surface area contributed by atoms with Gasteiger partial charge in [0.1, 0.15) is 5.75 Å². The van der Waals surface area contributed by atoms with Crippen LogP contribution in [0.4, 0.5) is 0 Å². The van der Waals surface area contributed by atoms with E-state index in [0.29, 0.717) is 12.4 Å². The Morgan fingerprint density at radius 2 is 1.57 bits per heavy atom. The number of esters is 1. The summed E-state index contributed by atoms with van der Waals surface area (Å²) in [7, 11) is 0. The van der Waals surface area contributed by atoms with Crippen LogP contribution in [0.5, 0.6) is 5.75 Å². The Kier molecular flexibility index (Phi) is 5.42. The second kappa shape index (κ2) is 7.76. The standard InChI is InChI=1S/C18H16O3/c1-2-20-18(19)14-21-17-12-10-16(11-13-17)9-8-15-6-4-3-5-7-15/h3-7,10-13H,2,14H2,1H3. The van der Waals surface area contributed by atoms with Crippen molar-refractivity contribution >= 4 is 5.97 Å². The summed E-state index contributed by atoms with van der Waals surface area (Å²) in [6, 6.07) is 17.1. The normalized spacial score (nSPS) is 9.38. The second-order valence-electron chi connectivity index (χ2n) is 4.23. The first-order valence-electron chi connectivity index (χ1n) is 6.73. The van der Waals surface area contributed by atoms with Crippen molar-refractivity contribution in [1.82, 2.24) is 0 Å². The van der Waals surface area contributed by atoms with E-state index in [1.165, 1.54) is 0 Å². The topological polar surface area (TPSA) is 35.5 Å². The Hall–Kier alpha value is -2.73. The summed E-state index contributed by atoms with van der Waals surface area (Å²) in [5.41, 5.74) is 1.86. The molecular weight excluding hydrogens is 264 g/mol. The van der Waals surface area contributed by atoms with Crippen LogP contribution in [-0.4, -0.2) is 19.2 Å². The van der Waals surface area contributed by atoms with Gasteiger partial charge in [0.2, 0.25) is 0 Å². The molecule has 0 aliphatic carbocycles. The number of hydrogen-bond acceptors (Lipinski definition) is 3. The van der Waals surface area contributed by atoms with E-state index >= 15 is 0 Å². The lowest BCUT2D eigenvalue weighted by molar-refractivity contribution is -0.145. The Balaban J connectivity index is 1.93. The molecule has 0 heterocycles. The van der Waals surface area contributed by atoms with Crippen LogP contribution in [-0.2, 0) is 9.53 Å². The number of benzene rings is 2. The van der Waals surface area contributed by atoms with Gasteiger partial charge in [-0.25, -0.2) is 4.79 Å². The Bertz CT molecular complexity index is 634. The molecule has 0 bridgehead atoms. The van der Waals surface area contributed by atoms with Crippen LogP contribution in [0.25, 0.3) is 0 Å². The minimum absolute atomic E-state index is 0.0805. The molecule has 0 aliphatic heterocycles. The number of ether oxygens (including phenoxy) is 2. The highest BCUT2D eigenvalue weighted by Crippen LogP contribution is 2.11. The van der Waals surface area contributed by atoms with Gasteiger partial charge >= 0.3 is 5.97 Å². The van der Waals surface area contributed by atoms with Crippen molar-refractivity contribution in [1.29, 1.82) is 0 Å². The molecule has 0 N–H and O–H groups in total. The molecule has 3 heteroatoms. The molecule has 0 aromatic heterocycles. The highest BCUT2D eigenvalue weighted by Gasteiger charge is 2.02. The summed E-state index contributed by atoms with van der Waals surface area (Å²) in [5.74, 6) is 6.41. The van der Waals surface area contributed by atoms with E-state index in [2.05, 4.69) is 11.8 Å². The molecule has 0 atom stereocenters.